The van der Waals surface area contributed by atoms with Crippen LogP contribution in [0.3, 0.4) is 0 Å². The Labute approximate surface area is 341 Å². The van der Waals surface area contributed by atoms with E-state index in [0.717, 1.165) is 0 Å². The van der Waals surface area contributed by atoms with Crippen LogP contribution < -0.4 is 10.4 Å². The highest BCUT2D eigenvalue weighted by Crippen LogP contribution is 2.66. The van der Waals surface area contributed by atoms with Gasteiger partial charge in [0.2, 0.25) is 0 Å². The van der Waals surface area contributed by atoms with Crippen molar-refractivity contribution < 1.29 is 4.42 Å². The molecule has 4 aromatic carbocycles. The van der Waals surface area contributed by atoms with E-state index in [1.165, 1.54) is 109 Å². The average molecular weight is 751 g/mol. The van der Waals surface area contributed by atoms with Gasteiger partial charge in [0.15, 0.2) is 0 Å². The van der Waals surface area contributed by atoms with Gasteiger partial charge in [-0.1, -0.05) is 158 Å². The van der Waals surface area contributed by atoms with Crippen LogP contribution in [0.5, 0.6) is 0 Å². The van der Waals surface area contributed by atoms with Crippen LogP contribution in [0.15, 0.2) is 112 Å². The first-order valence-corrected chi connectivity index (χ1v) is 21.2. The van der Waals surface area contributed by atoms with Gasteiger partial charge in [0, 0.05) is 21.6 Å². The lowest BCUT2D eigenvalue weighted by molar-refractivity contribution is 0.298. The Morgan fingerprint density at radius 1 is 0.404 bits per heavy atom. The maximum absolute atomic E-state index is 6.18. The van der Waals surface area contributed by atoms with E-state index in [9.17, 15) is 0 Å². The summed E-state index contributed by atoms with van der Waals surface area (Å²) in [5, 5.41) is 12.8. The summed E-state index contributed by atoms with van der Waals surface area (Å²) in [6.45, 7) is 38.0. The third-order valence-corrected chi connectivity index (χ3v) is 14.7. The molecule has 292 valence electrons. The minimum Gasteiger partial charge on any atom is -0.471 e. The van der Waals surface area contributed by atoms with Gasteiger partial charge in [-0.2, -0.15) is 0 Å². The van der Waals surface area contributed by atoms with E-state index in [1.807, 2.05) is 12.5 Å². The van der Waals surface area contributed by atoms with E-state index >= 15 is 0 Å². The zero-order valence-electron chi connectivity index (χ0n) is 37.5. The third kappa shape index (κ3) is 5.19. The second-order valence-corrected chi connectivity index (χ2v) is 22.3. The quantitative estimate of drug-likeness (QED) is 0.154. The molecular formula is C56H62O. The van der Waals surface area contributed by atoms with Gasteiger partial charge in [0.1, 0.15) is 0 Å². The number of benzene rings is 3. The molecule has 0 unspecified atom stereocenters. The van der Waals surface area contributed by atoms with Gasteiger partial charge in [-0.25, -0.2) is 0 Å². The van der Waals surface area contributed by atoms with E-state index in [0.29, 0.717) is 0 Å². The van der Waals surface area contributed by atoms with Crippen molar-refractivity contribution in [2.75, 3.05) is 0 Å². The Hall–Kier alpha value is -4.62. The third-order valence-electron chi connectivity index (χ3n) is 14.7. The van der Waals surface area contributed by atoms with E-state index < -0.39 is 0 Å². The Balaban J connectivity index is 1.66. The number of fused-ring (bicyclic) bond motifs is 11. The maximum Gasteiger partial charge on any atom is 0.0987 e. The van der Waals surface area contributed by atoms with Crippen molar-refractivity contribution in [1.29, 1.82) is 0 Å². The summed E-state index contributed by atoms with van der Waals surface area (Å²) in [6.07, 6.45) is 19.1. The molecular weight excluding hydrogens is 689 g/mol. The molecule has 0 radical (unpaired) electrons. The van der Waals surface area contributed by atoms with Gasteiger partial charge in [-0.15, -0.1) is 0 Å². The summed E-state index contributed by atoms with van der Waals surface area (Å²) in [6, 6.07) is 15.1. The second kappa shape index (κ2) is 11.5. The Morgan fingerprint density at radius 2 is 0.737 bits per heavy atom. The molecule has 0 N–H and O–H groups in total. The summed E-state index contributed by atoms with van der Waals surface area (Å²) in [4.78, 5) is 0. The van der Waals surface area contributed by atoms with Gasteiger partial charge < -0.3 is 4.42 Å². The monoisotopic (exact) mass is 750 g/mol. The molecule has 0 saturated carbocycles. The molecule has 4 bridgehead atoms. The SMILES string of the molecule is Cc1c2cc(C(C)(C)C)cc1c1cc3c(cc1c1cc(C(C)(C)C)cc(c1C)c1cocc21)=C1C=C(C(C)(C)C)C=C2C=CC4=CC(C(C)(C)C)=CC=3[C@]4(C)[C@]21C. The number of allylic oxidation sites excluding steroid dienone is 10. The molecule has 0 fully saturated rings. The standard InChI is InChI=1S/C56H62O/c1-31-39-21-37(53(9,10)11)23-41(31)47-29-57-30-48(47)42-24-38(54(12,13)14)22-40(32(42)2)44-28-46-45(27-43(39)44)49-25-35(51(3,4)5)19-33-17-18-34-20-36(52(6,7)8)26-50(46)56(34,16)55(33,49)15/h17-30H,1-16H3/t55-,56-/m1/s1. The van der Waals surface area contributed by atoms with Crippen molar-refractivity contribution in [2.24, 2.45) is 21.7 Å². The van der Waals surface area contributed by atoms with Crippen molar-refractivity contribution in [3.05, 3.63) is 140 Å². The zero-order valence-corrected chi connectivity index (χ0v) is 37.5. The lowest BCUT2D eigenvalue weighted by atomic mass is 9.45. The lowest BCUT2D eigenvalue weighted by Crippen LogP contribution is -2.54. The molecule has 0 saturated heterocycles. The molecule has 4 aliphatic carbocycles. The van der Waals surface area contributed by atoms with Crippen molar-refractivity contribution in [3.8, 4) is 0 Å². The van der Waals surface area contributed by atoms with Crippen molar-refractivity contribution in [1.82, 2.24) is 0 Å². The molecule has 57 heavy (non-hydrogen) atoms. The minimum absolute atomic E-state index is 0.00225. The van der Waals surface area contributed by atoms with Crippen molar-refractivity contribution >= 4 is 54.2 Å². The smallest absolute Gasteiger partial charge is 0.0987 e. The predicted molar refractivity (Wildman–Crippen MR) is 247 cm³/mol. The highest BCUT2D eigenvalue weighted by molar-refractivity contribution is 6.17. The van der Waals surface area contributed by atoms with E-state index in [-0.39, 0.29) is 32.5 Å². The summed E-state index contributed by atoms with van der Waals surface area (Å²) in [5.41, 5.74) is 13.2. The van der Waals surface area contributed by atoms with E-state index in [1.54, 1.807) is 0 Å². The molecule has 0 spiro atoms. The van der Waals surface area contributed by atoms with Crippen LogP contribution in [-0.4, -0.2) is 0 Å². The predicted octanol–water partition coefficient (Wildman–Crippen LogP) is 14.4. The molecule has 5 aromatic rings. The molecule has 1 heteroatoms. The fourth-order valence-corrected chi connectivity index (χ4v) is 10.5. The minimum atomic E-state index is -0.247. The van der Waals surface area contributed by atoms with Gasteiger partial charge >= 0.3 is 0 Å². The number of rotatable bonds is 0. The van der Waals surface area contributed by atoms with Crippen molar-refractivity contribution in [3.63, 3.8) is 0 Å². The Morgan fingerprint density at radius 3 is 1.05 bits per heavy atom. The van der Waals surface area contributed by atoms with Gasteiger partial charge in [-0.3, -0.25) is 0 Å². The number of hydrogen-bond donors (Lipinski definition) is 0. The van der Waals surface area contributed by atoms with Crippen LogP contribution in [0.4, 0.5) is 0 Å². The van der Waals surface area contributed by atoms with Crippen LogP contribution in [0.2, 0.25) is 0 Å². The molecule has 1 heterocycles. The Kier molecular flexibility index (Phi) is 7.67. The average Bonchev–Trinajstić information content (AvgIpc) is 3.58. The zero-order chi connectivity index (χ0) is 41.2. The molecule has 2 atom stereocenters. The van der Waals surface area contributed by atoms with Crippen LogP contribution in [0.1, 0.15) is 119 Å². The Bertz CT molecular complexity index is 2800. The second-order valence-electron chi connectivity index (χ2n) is 22.3. The molecule has 9 rings (SSSR count). The molecule has 1 aromatic heterocycles. The number of furan rings is 1. The summed E-state index contributed by atoms with van der Waals surface area (Å²) >= 11 is 0. The fourth-order valence-electron chi connectivity index (χ4n) is 10.5. The summed E-state index contributed by atoms with van der Waals surface area (Å²) in [5.74, 6) is 0. The fraction of sp³-hybridized carbons (Fsp3) is 0.393. The van der Waals surface area contributed by atoms with Gasteiger partial charge in [0.25, 0.3) is 0 Å². The lowest BCUT2D eigenvalue weighted by Gasteiger charge is -2.57. The van der Waals surface area contributed by atoms with Crippen LogP contribution >= 0.6 is 0 Å². The summed E-state index contributed by atoms with van der Waals surface area (Å²) in [7, 11) is 0. The highest BCUT2D eigenvalue weighted by atomic mass is 16.3. The largest absolute Gasteiger partial charge is 0.471 e. The molecule has 0 amide bonds. The summed E-state index contributed by atoms with van der Waals surface area (Å²) < 4.78 is 6.18. The first-order valence-electron chi connectivity index (χ1n) is 21.2. The highest BCUT2D eigenvalue weighted by Gasteiger charge is 2.57. The molecule has 0 aliphatic heterocycles. The van der Waals surface area contributed by atoms with Crippen molar-refractivity contribution in [2.45, 2.75) is 122 Å². The molecule has 4 aliphatic rings. The van der Waals surface area contributed by atoms with E-state index in [4.69, 9.17) is 4.42 Å². The van der Waals surface area contributed by atoms with Gasteiger partial charge in [0.05, 0.1) is 12.5 Å². The van der Waals surface area contributed by atoms with Crippen LogP contribution in [0, 0.1) is 35.5 Å². The first kappa shape index (κ1) is 37.9. The first-order chi connectivity index (χ1) is 26.3. The number of aryl methyl sites for hydroxylation is 2. The molecule has 1 nitrogen and oxygen atoms in total. The topological polar surface area (TPSA) is 13.1 Å². The van der Waals surface area contributed by atoms with Crippen LogP contribution in [0.25, 0.3) is 54.2 Å². The van der Waals surface area contributed by atoms with E-state index in [2.05, 4.69) is 184 Å². The van der Waals surface area contributed by atoms with Gasteiger partial charge in [-0.05, 0) is 146 Å². The number of hydrogen-bond acceptors (Lipinski definition) is 1. The maximum atomic E-state index is 6.18. The van der Waals surface area contributed by atoms with Crippen LogP contribution in [-0.2, 0) is 10.8 Å². The normalized spacial score (nSPS) is 22.1.